The van der Waals surface area contributed by atoms with E-state index >= 15 is 0 Å². The molecule has 1 fully saturated rings. The summed E-state index contributed by atoms with van der Waals surface area (Å²) < 4.78 is 29.0. The third kappa shape index (κ3) is 3.87. The van der Waals surface area contributed by atoms with Crippen molar-refractivity contribution in [2.75, 3.05) is 4.23 Å². The Kier molecular flexibility index (Phi) is 5.76. The Morgan fingerprint density at radius 1 is 1.11 bits per heavy atom. The van der Waals surface area contributed by atoms with E-state index < -0.39 is 28.1 Å². The Labute approximate surface area is 130 Å². The van der Waals surface area contributed by atoms with Gasteiger partial charge in [-0.05, 0) is 12.1 Å². The summed E-state index contributed by atoms with van der Waals surface area (Å²) in [5.41, 5.74) is 0.633. The molecule has 0 radical (unpaired) electrons. The van der Waals surface area contributed by atoms with Gasteiger partial charge >= 0.3 is 27.0 Å². The molecule has 1 aliphatic heterocycles. The second kappa shape index (κ2) is 6.33. The minimum atomic E-state index is -1.56. The van der Waals surface area contributed by atoms with Crippen molar-refractivity contribution in [2.24, 2.45) is 0 Å². The SMILES string of the molecule is C[Si]1(C)CC[Si](C)(C)N1c1[c-]c(F)cc(F)c1.[Cl][Zn+]. The normalized spacial score (nSPS) is 19.9. The number of hydrogen-bond acceptors (Lipinski definition) is 1. The van der Waals surface area contributed by atoms with Crippen LogP contribution < -0.4 is 4.23 Å². The molecule has 0 unspecified atom stereocenters. The zero-order valence-corrected chi connectivity index (χ0v) is 17.6. The van der Waals surface area contributed by atoms with Crippen LogP contribution in [0, 0.1) is 17.7 Å². The third-order valence-electron chi connectivity index (χ3n) is 3.59. The van der Waals surface area contributed by atoms with E-state index in [4.69, 9.17) is 9.69 Å². The third-order valence-corrected chi connectivity index (χ3v) is 13.6. The molecule has 1 nitrogen and oxygen atoms in total. The van der Waals surface area contributed by atoms with E-state index in [1.54, 1.807) is 0 Å². The maximum absolute atomic E-state index is 13.3. The van der Waals surface area contributed by atoms with Crippen molar-refractivity contribution in [1.29, 1.82) is 0 Å². The number of benzene rings is 1. The second-order valence-corrected chi connectivity index (χ2v) is 15.6. The Morgan fingerprint density at radius 3 is 2.00 bits per heavy atom. The number of nitrogens with zero attached hydrogens (tertiary/aromatic N) is 1. The van der Waals surface area contributed by atoms with Crippen LogP contribution in [0.25, 0.3) is 0 Å². The molecule has 0 atom stereocenters. The molecule has 0 aromatic heterocycles. The molecule has 1 saturated heterocycles. The molecule has 0 saturated carbocycles. The summed E-state index contributed by atoms with van der Waals surface area (Å²) >= 11 is 0.847. The van der Waals surface area contributed by atoms with Crippen LogP contribution in [0.2, 0.25) is 38.3 Å². The van der Waals surface area contributed by atoms with Crippen LogP contribution in [0.3, 0.4) is 0 Å². The van der Waals surface area contributed by atoms with Gasteiger partial charge in [-0.25, -0.2) is 8.78 Å². The molecule has 0 spiro atoms. The predicted octanol–water partition coefficient (Wildman–Crippen LogP) is 4.68. The zero-order valence-electron chi connectivity index (χ0n) is 11.9. The van der Waals surface area contributed by atoms with Gasteiger partial charge in [-0.1, -0.05) is 31.9 Å². The summed E-state index contributed by atoms with van der Waals surface area (Å²) in [5.74, 6) is -1.10. The van der Waals surface area contributed by atoms with Crippen molar-refractivity contribution in [3.63, 3.8) is 0 Å². The summed E-state index contributed by atoms with van der Waals surface area (Å²) in [6.45, 7) is 9.08. The Bertz CT molecular complexity index is 421. The van der Waals surface area contributed by atoms with E-state index in [2.05, 4.69) is 36.5 Å². The molecule has 2 rings (SSSR count). The molecule has 1 aromatic carbocycles. The molecule has 7 heteroatoms. The molecule has 0 N–H and O–H groups in total. The first kappa shape index (κ1) is 17.3. The molecular weight excluding hydrogens is 353 g/mol. The molecule has 102 valence electrons. The van der Waals surface area contributed by atoms with E-state index in [1.165, 1.54) is 18.2 Å². The van der Waals surface area contributed by atoms with Gasteiger partial charge < -0.3 is 4.23 Å². The van der Waals surface area contributed by atoms with Crippen LogP contribution in [-0.4, -0.2) is 16.5 Å². The Morgan fingerprint density at radius 2 is 1.58 bits per heavy atom. The summed E-state index contributed by atoms with van der Waals surface area (Å²) in [6.07, 6.45) is 0. The Balaban J connectivity index is 0.000000861. The minimum absolute atomic E-state index is 0.502. The van der Waals surface area contributed by atoms with Crippen molar-refractivity contribution in [3.8, 4) is 0 Å². The summed E-state index contributed by atoms with van der Waals surface area (Å²) in [4.78, 5) is 0. The van der Waals surface area contributed by atoms with Gasteiger partial charge in [0.2, 0.25) is 0 Å². The average Bonchev–Trinajstić information content (AvgIpc) is 2.49. The van der Waals surface area contributed by atoms with E-state index in [0.717, 1.165) is 23.4 Å². The molecule has 0 bridgehead atoms. The fourth-order valence-electron chi connectivity index (χ4n) is 2.92. The molecular formula is C12H18ClF2NSi2Zn. The van der Waals surface area contributed by atoms with Crippen molar-refractivity contribution in [3.05, 3.63) is 29.8 Å². The van der Waals surface area contributed by atoms with Crippen LogP contribution in [0.1, 0.15) is 0 Å². The monoisotopic (exact) mass is 369 g/mol. The number of halogens is 3. The van der Waals surface area contributed by atoms with Crippen LogP contribution in [-0.2, 0) is 17.3 Å². The first-order valence-corrected chi connectivity index (χ1v) is 16.4. The first-order valence-electron chi connectivity index (χ1n) is 6.18. The quantitative estimate of drug-likeness (QED) is 0.512. The van der Waals surface area contributed by atoms with Crippen LogP contribution in [0.4, 0.5) is 14.5 Å². The maximum atomic E-state index is 13.3. The molecule has 1 aromatic rings. The topological polar surface area (TPSA) is 3.24 Å². The molecule has 0 aliphatic carbocycles. The van der Waals surface area contributed by atoms with Gasteiger partial charge in [0, 0.05) is 11.6 Å². The van der Waals surface area contributed by atoms with Crippen LogP contribution in [0.5, 0.6) is 0 Å². The van der Waals surface area contributed by atoms with Crippen molar-refractivity contribution < 1.29 is 26.1 Å². The van der Waals surface area contributed by atoms with E-state index in [1.807, 2.05) is 0 Å². The standard InChI is InChI=1S/C12H18F2NSi2.ClH.Zn/c1-16(2)5-6-17(3,4)15(16)12-8-10(13)7-11(14)9-12;;/h7-8H,5-6H2,1-4H3;1H;/q-1;;+2/p-1. The van der Waals surface area contributed by atoms with Gasteiger partial charge in [0.1, 0.15) is 16.5 Å². The van der Waals surface area contributed by atoms with Crippen molar-refractivity contribution in [2.45, 2.75) is 38.3 Å². The summed E-state index contributed by atoms with van der Waals surface area (Å²) in [5, 5.41) is 0. The number of rotatable bonds is 1. The van der Waals surface area contributed by atoms with Crippen molar-refractivity contribution >= 4 is 31.8 Å². The van der Waals surface area contributed by atoms with Gasteiger partial charge in [-0.2, -0.15) is 0 Å². The van der Waals surface area contributed by atoms with Crippen LogP contribution >= 0.6 is 9.69 Å². The summed E-state index contributed by atoms with van der Waals surface area (Å²) in [6, 6.07) is 7.42. The predicted molar refractivity (Wildman–Crippen MR) is 78.1 cm³/mol. The van der Waals surface area contributed by atoms with E-state index in [-0.39, 0.29) is 0 Å². The van der Waals surface area contributed by atoms with E-state index in [9.17, 15) is 8.78 Å². The van der Waals surface area contributed by atoms with Crippen molar-refractivity contribution in [1.82, 2.24) is 0 Å². The first-order chi connectivity index (χ1) is 8.72. The fraction of sp³-hybridized carbons (Fsp3) is 0.500. The summed E-state index contributed by atoms with van der Waals surface area (Å²) in [7, 11) is 1.64. The average molecular weight is 371 g/mol. The number of anilines is 1. The van der Waals surface area contributed by atoms with E-state index in [0.29, 0.717) is 5.69 Å². The molecule has 1 heterocycles. The Hall–Kier alpha value is 0.227. The zero-order chi connectivity index (χ0) is 14.8. The van der Waals surface area contributed by atoms with Gasteiger partial charge in [-0.3, -0.25) is 0 Å². The number of hydrogen-bond donors (Lipinski definition) is 0. The van der Waals surface area contributed by atoms with Crippen LogP contribution in [0.15, 0.2) is 12.1 Å². The molecule has 0 amide bonds. The van der Waals surface area contributed by atoms with Gasteiger partial charge in [0.15, 0.2) is 0 Å². The van der Waals surface area contributed by atoms with Gasteiger partial charge in [-0.15, -0.1) is 18.2 Å². The fourth-order valence-corrected chi connectivity index (χ4v) is 17.0. The second-order valence-electron chi connectivity index (χ2n) is 5.99. The molecule has 1 aliphatic rings. The van der Waals surface area contributed by atoms with Gasteiger partial charge in [0.05, 0.1) is 0 Å². The van der Waals surface area contributed by atoms with Gasteiger partial charge in [0.25, 0.3) is 0 Å². The molecule has 19 heavy (non-hydrogen) atoms.